The number of likely N-dealkylation sites (tertiary alicyclic amines) is 1. The molecule has 2 saturated heterocycles. The molecule has 2 amide bonds. The summed E-state index contributed by atoms with van der Waals surface area (Å²) in [5.74, 6) is -0.766. The topological polar surface area (TPSA) is 93.2 Å². The molecule has 3 aliphatic rings. The highest BCUT2D eigenvalue weighted by Gasteiger charge is 2.45. The van der Waals surface area contributed by atoms with Crippen molar-refractivity contribution in [2.24, 2.45) is 0 Å². The van der Waals surface area contributed by atoms with Crippen molar-refractivity contribution in [1.82, 2.24) is 15.1 Å². The van der Waals surface area contributed by atoms with Gasteiger partial charge in [-0.25, -0.2) is 4.79 Å². The highest BCUT2D eigenvalue weighted by molar-refractivity contribution is 5.95. The van der Waals surface area contributed by atoms with Gasteiger partial charge < -0.3 is 15.3 Å². The molecule has 0 radical (unpaired) electrons. The molecule has 0 bridgehead atoms. The van der Waals surface area contributed by atoms with E-state index in [1.165, 1.54) is 5.56 Å². The SMILES string of the molecule is CN1[C@@H](CCC(=O)N2CCc3ccccc32)CNC(=O)[C@@H]2[C@@H]1CCN2Cc1ccc(C(=O)O)cc1. The third-order valence-corrected chi connectivity index (χ3v) is 7.82. The van der Waals surface area contributed by atoms with Crippen LogP contribution in [0, 0.1) is 0 Å². The fourth-order valence-corrected chi connectivity index (χ4v) is 5.84. The number of benzene rings is 2. The molecule has 0 unspecified atom stereocenters. The summed E-state index contributed by atoms with van der Waals surface area (Å²) < 4.78 is 0. The van der Waals surface area contributed by atoms with Crippen molar-refractivity contribution in [2.75, 3.05) is 31.6 Å². The quantitative estimate of drug-likeness (QED) is 0.664. The van der Waals surface area contributed by atoms with Crippen LogP contribution in [-0.4, -0.2) is 77.5 Å². The largest absolute Gasteiger partial charge is 0.478 e. The van der Waals surface area contributed by atoms with Crippen molar-refractivity contribution in [3.8, 4) is 0 Å². The van der Waals surface area contributed by atoms with E-state index in [0.717, 1.165) is 37.2 Å². The monoisotopic (exact) mass is 476 g/mol. The number of carbonyl (C=O) groups excluding carboxylic acids is 2. The molecule has 8 nitrogen and oxygen atoms in total. The zero-order valence-electron chi connectivity index (χ0n) is 20.0. The molecule has 2 aromatic rings. The fraction of sp³-hybridized carbons (Fsp3) is 0.444. The summed E-state index contributed by atoms with van der Waals surface area (Å²) in [5.41, 5.74) is 3.51. The van der Waals surface area contributed by atoms with Crippen LogP contribution in [0.5, 0.6) is 0 Å². The van der Waals surface area contributed by atoms with Gasteiger partial charge in [-0.15, -0.1) is 0 Å². The normalized spacial score (nSPS) is 24.5. The van der Waals surface area contributed by atoms with E-state index in [0.29, 0.717) is 25.9 Å². The van der Waals surface area contributed by atoms with Crippen LogP contribution in [0.4, 0.5) is 5.69 Å². The number of nitrogens with one attached hydrogen (secondary N) is 1. The molecule has 3 aliphatic heterocycles. The van der Waals surface area contributed by atoms with Gasteiger partial charge in [0.25, 0.3) is 0 Å². The lowest BCUT2D eigenvalue weighted by molar-refractivity contribution is -0.126. The Morgan fingerprint density at radius 2 is 1.86 bits per heavy atom. The minimum atomic E-state index is -0.943. The van der Waals surface area contributed by atoms with Gasteiger partial charge in [-0.3, -0.25) is 19.4 Å². The van der Waals surface area contributed by atoms with Gasteiger partial charge in [0.15, 0.2) is 0 Å². The number of fused-ring (bicyclic) bond motifs is 2. The summed E-state index contributed by atoms with van der Waals surface area (Å²) in [6.07, 6.45) is 2.94. The number of rotatable bonds is 6. The van der Waals surface area contributed by atoms with Gasteiger partial charge in [-0.05, 0) is 55.6 Å². The van der Waals surface area contributed by atoms with Crippen LogP contribution in [0.25, 0.3) is 0 Å². The van der Waals surface area contributed by atoms with Gasteiger partial charge in [-0.2, -0.15) is 0 Å². The molecule has 3 atom stereocenters. The van der Waals surface area contributed by atoms with E-state index in [9.17, 15) is 14.4 Å². The van der Waals surface area contributed by atoms with Gasteiger partial charge in [0.05, 0.1) is 5.56 Å². The molecule has 184 valence electrons. The maximum absolute atomic E-state index is 13.1. The summed E-state index contributed by atoms with van der Waals surface area (Å²) in [6.45, 7) is 2.67. The second-order valence-corrected chi connectivity index (χ2v) is 9.80. The van der Waals surface area contributed by atoms with Crippen molar-refractivity contribution in [3.63, 3.8) is 0 Å². The van der Waals surface area contributed by atoms with E-state index in [4.69, 9.17) is 5.11 Å². The number of anilines is 1. The van der Waals surface area contributed by atoms with E-state index < -0.39 is 5.97 Å². The molecule has 8 heteroatoms. The van der Waals surface area contributed by atoms with Crippen LogP contribution >= 0.6 is 0 Å². The predicted molar refractivity (Wildman–Crippen MR) is 132 cm³/mol. The average Bonchev–Trinajstić information content (AvgIpc) is 3.45. The Morgan fingerprint density at radius 3 is 2.63 bits per heavy atom. The molecule has 0 spiro atoms. The van der Waals surface area contributed by atoms with Gasteiger partial charge in [0.1, 0.15) is 6.04 Å². The number of nitrogens with zero attached hydrogens (tertiary/aromatic N) is 3. The summed E-state index contributed by atoms with van der Waals surface area (Å²) in [5, 5.41) is 12.2. The second kappa shape index (κ2) is 9.79. The molecule has 5 rings (SSSR count). The Morgan fingerprint density at radius 1 is 1.09 bits per heavy atom. The van der Waals surface area contributed by atoms with Gasteiger partial charge in [-0.1, -0.05) is 30.3 Å². The molecule has 0 saturated carbocycles. The van der Waals surface area contributed by atoms with Gasteiger partial charge in [0.2, 0.25) is 11.8 Å². The first kappa shape index (κ1) is 23.5. The van der Waals surface area contributed by atoms with E-state index in [-0.39, 0.29) is 35.5 Å². The predicted octanol–water partition coefficient (Wildman–Crippen LogP) is 2.13. The highest BCUT2D eigenvalue weighted by atomic mass is 16.4. The fourth-order valence-electron chi connectivity index (χ4n) is 5.84. The van der Waals surface area contributed by atoms with Crippen molar-refractivity contribution in [1.29, 1.82) is 0 Å². The third-order valence-electron chi connectivity index (χ3n) is 7.82. The van der Waals surface area contributed by atoms with Crippen molar-refractivity contribution < 1.29 is 19.5 Å². The smallest absolute Gasteiger partial charge is 0.335 e. The average molecular weight is 477 g/mol. The molecule has 3 heterocycles. The highest BCUT2D eigenvalue weighted by Crippen LogP contribution is 2.30. The van der Waals surface area contributed by atoms with E-state index in [1.807, 2.05) is 35.2 Å². The van der Waals surface area contributed by atoms with Crippen LogP contribution < -0.4 is 10.2 Å². The van der Waals surface area contributed by atoms with E-state index in [2.05, 4.69) is 28.2 Å². The van der Waals surface area contributed by atoms with Crippen molar-refractivity contribution in [2.45, 2.75) is 50.4 Å². The number of likely N-dealkylation sites (N-methyl/N-ethyl adjacent to an activating group) is 1. The van der Waals surface area contributed by atoms with Crippen LogP contribution in [0.15, 0.2) is 48.5 Å². The summed E-state index contributed by atoms with van der Waals surface area (Å²) in [6, 6.07) is 14.9. The summed E-state index contributed by atoms with van der Waals surface area (Å²) in [7, 11) is 2.07. The van der Waals surface area contributed by atoms with E-state index >= 15 is 0 Å². The molecule has 0 aromatic heterocycles. The van der Waals surface area contributed by atoms with E-state index in [1.54, 1.807) is 12.1 Å². The number of amides is 2. The zero-order chi connectivity index (χ0) is 24.5. The molecule has 2 aromatic carbocycles. The lowest BCUT2D eigenvalue weighted by Gasteiger charge is -2.33. The van der Waals surface area contributed by atoms with Crippen LogP contribution in [0.2, 0.25) is 0 Å². The number of hydrogen-bond acceptors (Lipinski definition) is 5. The minimum absolute atomic E-state index is 0.0313. The molecule has 35 heavy (non-hydrogen) atoms. The number of aromatic carboxylic acids is 1. The van der Waals surface area contributed by atoms with Gasteiger partial charge >= 0.3 is 5.97 Å². The number of hydrogen-bond donors (Lipinski definition) is 2. The molecule has 2 fully saturated rings. The third kappa shape index (κ3) is 4.68. The van der Waals surface area contributed by atoms with Gasteiger partial charge in [0, 0.05) is 50.4 Å². The summed E-state index contributed by atoms with van der Waals surface area (Å²) in [4.78, 5) is 43.6. The lowest BCUT2D eigenvalue weighted by atomic mass is 10.0. The Kier molecular flexibility index (Phi) is 6.58. The Labute approximate surface area is 205 Å². The lowest BCUT2D eigenvalue weighted by Crippen LogP contribution is -2.49. The number of carboxylic acids is 1. The number of carbonyl (C=O) groups is 3. The Balaban J connectivity index is 1.22. The Hall–Kier alpha value is -3.23. The minimum Gasteiger partial charge on any atom is -0.478 e. The first-order valence-electron chi connectivity index (χ1n) is 12.4. The summed E-state index contributed by atoms with van der Waals surface area (Å²) >= 11 is 0. The molecule has 0 aliphatic carbocycles. The van der Waals surface area contributed by atoms with Crippen LogP contribution in [-0.2, 0) is 22.6 Å². The first-order valence-corrected chi connectivity index (χ1v) is 12.4. The van der Waals surface area contributed by atoms with Crippen LogP contribution in [0.1, 0.15) is 40.7 Å². The van der Waals surface area contributed by atoms with Crippen molar-refractivity contribution in [3.05, 3.63) is 65.2 Å². The Bertz CT molecular complexity index is 1120. The van der Waals surface area contributed by atoms with Crippen molar-refractivity contribution >= 4 is 23.5 Å². The second-order valence-electron chi connectivity index (χ2n) is 9.80. The number of carboxylic acid groups (broad SMARTS) is 1. The number of para-hydroxylation sites is 1. The standard InChI is InChI=1S/C27H32N4O4/c1-29-21(10-11-24(32)31-15-12-19-4-2-3-5-22(19)31)16-28-26(33)25-23(29)13-14-30(25)17-18-6-8-20(9-7-18)27(34)35/h2-9,21,23,25H,10-17H2,1H3,(H,28,33)(H,34,35)/t21-,23-,25-/m0/s1. The zero-order valence-corrected chi connectivity index (χ0v) is 20.0. The molecular weight excluding hydrogens is 444 g/mol. The maximum Gasteiger partial charge on any atom is 0.335 e. The first-order chi connectivity index (χ1) is 16.9. The molecule has 2 N–H and O–H groups in total. The molecular formula is C27H32N4O4. The maximum atomic E-state index is 13.1. The van der Waals surface area contributed by atoms with Crippen LogP contribution in [0.3, 0.4) is 0 Å².